The summed E-state index contributed by atoms with van der Waals surface area (Å²) in [5, 5.41) is 0.981. The van der Waals surface area contributed by atoms with Crippen molar-refractivity contribution in [3.63, 3.8) is 0 Å². The van der Waals surface area contributed by atoms with Gasteiger partial charge in [0.25, 0.3) is 0 Å². The van der Waals surface area contributed by atoms with Gasteiger partial charge in [0.15, 0.2) is 0 Å². The van der Waals surface area contributed by atoms with Gasteiger partial charge in [0.2, 0.25) is 0 Å². The number of hydrogen-bond acceptors (Lipinski definition) is 0. The second-order valence-electron chi connectivity index (χ2n) is 3.71. The first kappa shape index (κ1) is 13.0. The van der Waals surface area contributed by atoms with Crippen molar-refractivity contribution in [2.45, 2.75) is 40.5 Å². The first-order valence-corrected chi connectivity index (χ1v) is 6.12. The number of rotatable bonds is 5. The molecule has 0 saturated carbocycles. The molecule has 0 saturated heterocycles. The van der Waals surface area contributed by atoms with Gasteiger partial charge in [-0.1, -0.05) is 53.1 Å². The molecule has 0 spiro atoms. The Morgan fingerprint density at radius 1 is 1.31 bits per heavy atom. The summed E-state index contributed by atoms with van der Waals surface area (Å²) in [5.74, 6) is 0.692. The highest BCUT2D eigenvalue weighted by molar-refractivity contribution is 9.09. The lowest BCUT2D eigenvalue weighted by Crippen LogP contribution is -1.97. The lowest BCUT2D eigenvalue weighted by Gasteiger charge is -2.12. The summed E-state index contributed by atoms with van der Waals surface area (Å²) in [7, 11) is 0. The molecule has 0 rings (SSSR count). The van der Waals surface area contributed by atoms with Gasteiger partial charge in [-0.05, 0) is 32.6 Å². The van der Waals surface area contributed by atoms with Crippen molar-refractivity contribution in [1.29, 1.82) is 0 Å². The highest BCUT2D eigenvalue weighted by Crippen LogP contribution is 2.19. The average molecular weight is 245 g/mol. The molecule has 13 heavy (non-hydrogen) atoms. The van der Waals surface area contributed by atoms with Crippen molar-refractivity contribution in [2.24, 2.45) is 5.92 Å². The summed E-state index contributed by atoms with van der Waals surface area (Å²) in [6.45, 7) is 8.85. The topological polar surface area (TPSA) is 0 Å². The fourth-order valence-electron chi connectivity index (χ4n) is 1.36. The smallest absolute Gasteiger partial charge is 0.0214 e. The van der Waals surface area contributed by atoms with Gasteiger partial charge >= 0.3 is 0 Å². The van der Waals surface area contributed by atoms with Crippen LogP contribution in [0.3, 0.4) is 0 Å². The Kier molecular flexibility index (Phi) is 7.35. The third kappa shape index (κ3) is 6.09. The van der Waals surface area contributed by atoms with E-state index in [1.165, 1.54) is 18.4 Å². The summed E-state index contributed by atoms with van der Waals surface area (Å²) in [4.78, 5) is 0. The molecular weight excluding hydrogens is 224 g/mol. The number of allylic oxidation sites excluding steroid dienone is 4. The normalized spacial score (nSPS) is 14.1. The van der Waals surface area contributed by atoms with Crippen LogP contribution in [0.2, 0.25) is 0 Å². The van der Waals surface area contributed by atoms with Crippen LogP contribution in [0.15, 0.2) is 23.3 Å². The minimum atomic E-state index is 0.692. The summed E-state index contributed by atoms with van der Waals surface area (Å²) in [6.07, 6.45) is 6.96. The summed E-state index contributed by atoms with van der Waals surface area (Å²) in [6, 6.07) is 0. The molecule has 1 unspecified atom stereocenters. The van der Waals surface area contributed by atoms with Gasteiger partial charge in [0, 0.05) is 5.33 Å². The second kappa shape index (κ2) is 7.37. The fourth-order valence-corrected chi connectivity index (χ4v) is 1.77. The zero-order chi connectivity index (χ0) is 10.3. The molecule has 0 aromatic heterocycles. The standard InChI is InChI=1S/C12H21Br/c1-5-12(8-9-13)11(4)7-6-10(2)3/h6,8,11H,5,7,9H2,1-4H3/b12-8+. The maximum Gasteiger partial charge on any atom is 0.0214 e. The first-order chi connectivity index (χ1) is 6.11. The molecule has 0 aromatic carbocycles. The Hall–Kier alpha value is -0.0400. The van der Waals surface area contributed by atoms with Gasteiger partial charge in [0.1, 0.15) is 0 Å². The van der Waals surface area contributed by atoms with Crippen LogP contribution in [-0.2, 0) is 0 Å². The molecule has 0 fully saturated rings. The van der Waals surface area contributed by atoms with Gasteiger partial charge in [0.05, 0.1) is 0 Å². The summed E-state index contributed by atoms with van der Waals surface area (Å²) in [5.41, 5.74) is 2.98. The molecule has 0 aliphatic carbocycles. The summed E-state index contributed by atoms with van der Waals surface area (Å²) < 4.78 is 0. The SMILES string of the molecule is CC/C(=C\CBr)C(C)CC=C(C)C. The van der Waals surface area contributed by atoms with Gasteiger partial charge in [-0.25, -0.2) is 0 Å². The van der Waals surface area contributed by atoms with Crippen LogP contribution in [-0.4, -0.2) is 5.33 Å². The van der Waals surface area contributed by atoms with E-state index in [1.54, 1.807) is 5.57 Å². The highest BCUT2D eigenvalue weighted by atomic mass is 79.9. The van der Waals surface area contributed by atoms with Crippen molar-refractivity contribution in [2.75, 3.05) is 5.33 Å². The van der Waals surface area contributed by atoms with Gasteiger partial charge in [-0.15, -0.1) is 0 Å². The Balaban J connectivity index is 4.14. The monoisotopic (exact) mass is 244 g/mol. The largest absolute Gasteiger partial charge is 0.0883 e. The van der Waals surface area contributed by atoms with E-state index in [2.05, 4.69) is 55.8 Å². The predicted octanol–water partition coefficient (Wildman–Crippen LogP) is 4.71. The van der Waals surface area contributed by atoms with Crippen LogP contribution in [0, 0.1) is 5.92 Å². The van der Waals surface area contributed by atoms with Crippen molar-refractivity contribution in [1.82, 2.24) is 0 Å². The molecule has 0 N–H and O–H groups in total. The van der Waals surface area contributed by atoms with E-state index in [-0.39, 0.29) is 0 Å². The van der Waals surface area contributed by atoms with Crippen LogP contribution >= 0.6 is 15.9 Å². The lowest BCUT2D eigenvalue weighted by atomic mass is 9.94. The minimum Gasteiger partial charge on any atom is -0.0883 e. The zero-order valence-electron chi connectivity index (χ0n) is 9.23. The molecular formula is C12H21Br. The minimum absolute atomic E-state index is 0.692. The van der Waals surface area contributed by atoms with E-state index in [4.69, 9.17) is 0 Å². The quantitative estimate of drug-likeness (QED) is 0.486. The average Bonchev–Trinajstić information content (AvgIpc) is 2.10. The zero-order valence-corrected chi connectivity index (χ0v) is 10.8. The highest BCUT2D eigenvalue weighted by Gasteiger charge is 2.04. The van der Waals surface area contributed by atoms with E-state index in [9.17, 15) is 0 Å². The van der Waals surface area contributed by atoms with E-state index >= 15 is 0 Å². The number of alkyl halides is 1. The van der Waals surface area contributed by atoms with E-state index in [1.807, 2.05) is 0 Å². The van der Waals surface area contributed by atoms with Gasteiger partial charge in [-0.3, -0.25) is 0 Å². The molecule has 76 valence electrons. The van der Waals surface area contributed by atoms with Crippen molar-refractivity contribution >= 4 is 15.9 Å². The van der Waals surface area contributed by atoms with Crippen LogP contribution in [0.5, 0.6) is 0 Å². The maximum absolute atomic E-state index is 3.45. The predicted molar refractivity (Wildman–Crippen MR) is 65.4 cm³/mol. The van der Waals surface area contributed by atoms with Crippen molar-refractivity contribution in [3.8, 4) is 0 Å². The van der Waals surface area contributed by atoms with Crippen LogP contribution in [0.25, 0.3) is 0 Å². The molecule has 1 atom stereocenters. The second-order valence-corrected chi connectivity index (χ2v) is 4.35. The Bertz CT molecular complexity index is 185. The van der Waals surface area contributed by atoms with Crippen LogP contribution in [0.1, 0.15) is 40.5 Å². The molecule has 0 heterocycles. The molecule has 0 aliphatic rings. The molecule has 0 bridgehead atoms. The summed E-state index contributed by atoms with van der Waals surface area (Å²) >= 11 is 3.45. The van der Waals surface area contributed by atoms with Crippen molar-refractivity contribution in [3.05, 3.63) is 23.3 Å². The van der Waals surface area contributed by atoms with E-state index in [0.717, 1.165) is 5.33 Å². The third-order valence-corrected chi connectivity index (χ3v) is 2.58. The molecule has 0 amide bonds. The lowest BCUT2D eigenvalue weighted by molar-refractivity contribution is 0.664. The number of halogens is 1. The van der Waals surface area contributed by atoms with Crippen LogP contribution in [0.4, 0.5) is 0 Å². The maximum atomic E-state index is 3.45. The fraction of sp³-hybridized carbons (Fsp3) is 0.667. The first-order valence-electron chi connectivity index (χ1n) is 5.00. The Labute approximate surface area is 91.2 Å². The number of hydrogen-bond donors (Lipinski definition) is 0. The Morgan fingerprint density at radius 2 is 1.92 bits per heavy atom. The van der Waals surface area contributed by atoms with Crippen LogP contribution < -0.4 is 0 Å². The molecule has 0 aliphatic heterocycles. The van der Waals surface area contributed by atoms with Gasteiger partial charge in [-0.2, -0.15) is 0 Å². The molecule has 0 radical (unpaired) electrons. The Morgan fingerprint density at radius 3 is 2.31 bits per heavy atom. The third-order valence-electron chi connectivity index (χ3n) is 2.26. The molecule has 0 nitrogen and oxygen atoms in total. The van der Waals surface area contributed by atoms with Gasteiger partial charge < -0.3 is 0 Å². The van der Waals surface area contributed by atoms with E-state index in [0.29, 0.717) is 5.92 Å². The molecule has 1 heteroatoms. The molecule has 0 aromatic rings. The van der Waals surface area contributed by atoms with Crippen molar-refractivity contribution < 1.29 is 0 Å². The van der Waals surface area contributed by atoms with E-state index < -0.39 is 0 Å².